The second-order valence-corrected chi connectivity index (χ2v) is 4.08. The molecule has 0 spiro atoms. The second-order valence-electron chi connectivity index (χ2n) is 4.08. The van der Waals surface area contributed by atoms with E-state index < -0.39 is 5.41 Å². The summed E-state index contributed by atoms with van der Waals surface area (Å²) in [4.78, 5) is 1.29. The van der Waals surface area contributed by atoms with Crippen LogP contribution in [0.3, 0.4) is 0 Å². The standard InChI is InChI=1S/C12H9N5/c1-12(2)8(4-13)10(6-15)17(3)11(7-16)9(12)5-14/h1-3H3. The summed E-state index contributed by atoms with van der Waals surface area (Å²) < 4.78 is 0. The molecule has 0 fully saturated rings. The molecule has 1 rings (SSSR count). The van der Waals surface area contributed by atoms with E-state index >= 15 is 0 Å². The summed E-state index contributed by atoms with van der Waals surface area (Å²) in [6.45, 7) is 3.32. The molecule has 0 saturated carbocycles. The summed E-state index contributed by atoms with van der Waals surface area (Å²) in [5.74, 6) is 0. The van der Waals surface area contributed by atoms with Gasteiger partial charge in [0.25, 0.3) is 0 Å². The SMILES string of the molecule is CN1C(C#N)=C(C#N)C(C)(C)C(C#N)=C1C#N. The number of allylic oxidation sites excluding steroid dienone is 4. The van der Waals surface area contributed by atoms with E-state index in [-0.39, 0.29) is 22.5 Å². The van der Waals surface area contributed by atoms with Crippen molar-refractivity contribution in [1.29, 1.82) is 21.0 Å². The van der Waals surface area contributed by atoms with E-state index in [1.807, 2.05) is 24.3 Å². The molecule has 0 N–H and O–H groups in total. The third-order valence-electron chi connectivity index (χ3n) is 2.83. The van der Waals surface area contributed by atoms with Crippen molar-refractivity contribution in [2.45, 2.75) is 13.8 Å². The van der Waals surface area contributed by atoms with Gasteiger partial charge in [-0.05, 0) is 0 Å². The Balaban J connectivity index is 3.71. The van der Waals surface area contributed by atoms with Crippen molar-refractivity contribution < 1.29 is 0 Å². The van der Waals surface area contributed by atoms with Crippen molar-refractivity contribution in [2.75, 3.05) is 7.05 Å². The van der Waals surface area contributed by atoms with Crippen molar-refractivity contribution in [1.82, 2.24) is 4.90 Å². The zero-order valence-corrected chi connectivity index (χ0v) is 9.74. The fourth-order valence-corrected chi connectivity index (χ4v) is 1.81. The highest BCUT2D eigenvalue weighted by atomic mass is 15.1. The predicted molar refractivity (Wildman–Crippen MR) is 58.0 cm³/mol. The highest BCUT2D eigenvalue weighted by molar-refractivity contribution is 5.57. The summed E-state index contributed by atoms with van der Waals surface area (Å²) in [6, 6.07) is 7.73. The topological polar surface area (TPSA) is 98.4 Å². The Bertz CT molecular complexity index is 541. The van der Waals surface area contributed by atoms with Crippen molar-refractivity contribution in [3.8, 4) is 24.3 Å². The molecule has 0 aromatic heterocycles. The van der Waals surface area contributed by atoms with E-state index in [1.54, 1.807) is 13.8 Å². The molecule has 0 unspecified atom stereocenters. The molecule has 0 saturated heterocycles. The first-order valence-electron chi connectivity index (χ1n) is 4.79. The molecule has 5 heteroatoms. The molecule has 17 heavy (non-hydrogen) atoms. The van der Waals surface area contributed by atoms with Crippen molar-refractivity contribution in [2.24, 2.45) is 5.41 Å². The fourth-order valence-electron chi connectivity index (χ4n) is 1.81. The third kappa shape index (κ3) is 1.51. The molecule has 0 bridgehead atoms. The van der Waals surface area contributed by atoms with E-state index in [0.29, 0.717) is 0 Å². The molecule has 0 aromatic rings. The van der Waals surface area contributed by atoms with E-state index in [2.05, 4.69) is 0 Å². The Kier molecular flexibility index (Phi) is 2.90. The maximum Gasteiger partial charge on any atom is 0.135 e. The summed E-state index contributed by atoms with van der Waals surface area (Å²) in [5, 5.41) is 36.3. The van der Waals surface area contributed by atoms with Crippen molar-refractivity contribution in [3.05, 3.63) is 22.5 Å². The van der Waals surface area contributed by atoms with Gasteiger partial charge in [-0.1, -0.05) is 13.8 Å². The molecule has 1 aliphatic rings. The monoisotopic (exact) mass is 223 g/mol. The van der Waals surface area contributed by atoms with E-state index in [9.17, 15) is 0 Å². The first-order valence-corrected chi connectivity index (χ1v) is 4.79. The highest BCUT2D eigenvalue weighted by Crippen LogP contribution is 2.42. The Morgan fingerprint density at radius 1 is 0.824 bits per heavy atom. The molecule has 1 heterocycles. The smallest absolute Gasteiger partial charge is 0.135 e. The molecule has 0 radical (unpaired) electrons. The third-order valence-corrected chi connectivity index (χ3v) is 2.83. The van der Waals surface area contributed by atoms with Gasteiger partial charge in [-0.25, -0.2) is 0 Å². The summed E-state index contributed by atoms with van der Waals surface area (Å²) in [6.07, 6.45) is 0. The molecule has 0 amide bonds. The maximum atomic E-state index is 9.12. The van der Waals surface area contributed by atoms with Gasteiger partial charge in [0.15, 0.2) is 0 Å². The molecular formula is C12H9N5. The average molecular weight is 223 g/mol. The van der Waals surface area contributed by atoms with Crippen LogP contribution in [-0.2, 0) is 0 Å². The van der Waals surface area contributed by atoms with Gasteiger partial charge in [0.2, 0.25) is 0 Å². The van der Waals surface area contributed by atoms with Crippen LogP contribution in [0.5, 0.6) is 0 Å². The van der Waals surface area contributed by atoms with Gasteiger partial charge in [0.1, 0.15) is 23.5 Å². The zero-order valence-electron chi connectivity index (χ0n) is 9.74. The van der Waals surface area contributed by atoms with Crippen molar-refractivity contribution in [3.63, 3.8) is 0 Å². The number of hydrogen-bond acceptors (Lipinski definition) is 5. The molecule has 0 aliphatic carbocycles. The largest absolute Gasteiger partial charge is 0.326 e. The minimum absolute atomic E-state index is 0.119. The quantitative estimate of drug-likeness (QED) is 0.620. The second kappa shape index (κ2) is 4.01. The Hall–Kier alpha value is -2.76. The van der Waals surface area contributed by atoms with Crippen LogP contribution in [0.4, 0.5) is 0 Å². The lowest BCUT2D eigenvalue weighted by Gasteiger charge is -2.34. The number of rotatable bonds is 0. The molecule has 5 nitrogen and oxygen atoms in total. The fraction of sp³-hybridized carbons (Fsp3) is 0.333. The minimum atomic E-state index is -0.911. The van der Waals surface area contributed by atoms with Crippen LogP contribution in [0, 0.1) is 50.7 Å². The minimum Gasteiger partial charge on any atom is -0.326 e. The Morgan fingerprint density at radius 3 is 1.41 bits per heavy atom. The lowest BCUT2D eigenvalue weighted by Crippen LogP contribution is -2.32. The number of hydrogen-bond donors (Lipinski definition) is 0. The average Bonchev–Trinajstić information content (AvgIpc) is 2.29. The van der Waals surface area contributed by atoms with Crippen LogP contribution in [0.25, 0.3) is 0 Å². The predicted octanol–water partition coefficient (Wildman–Crippen LogP) is 1.56. The molecule has 0 aromatic carbocycles. The normalized spacial score (nSPS) is 17.9. The van der Waals surface area contributed by atoms with Gasteiger partial charge in [-0.2, -0.15) is 21.0 Å². The van der Waals surface area contributed by atoms with Crippen LogP contribution in [0.15, 0.2) is 22.5 Å². The van der Waals surface area contributed by atoms with E-state index in [1.165, 1.54) is 11.9 Å². The van der Waals surface area contributed by atoms with Gasteiger partial charge in [-0.3, -0.25) is 0 Å². The van der Waals surface area contributed by atoms with E-state index in [0.717, 1.165) is 0 Å². The van der Waals surface area contributed by atoms with Crippen LogP contribution in [0.2, 0.25) is 0 Å². The van der Waals surface area contributed by atoms with Crippen molar-refractivity contribution >= 4 is 0 Å². The lowest BCUT2D eigenvalue weighted by molar-refractivity contribution is 0.451. The molecule has 0 atom stereocenters. The van der Waals surface area contributed by atoms with Gasteiger partial charge >= 0.3 is 0 Å². The molecule has 1 aliphatic heterocycles. The van der Waals surface area contributed by atoms with Crippen LogP contribution in [-0.4, -0.2) is 11.9 Å². The van der Waals surface area contributed by atoms with Crippen LogP contribution in [0.1, 0.15) is 13.8 Å². The first-order chi connectivity index (χ1) is 7.95. The van der Waals surface area contributed by atoms with Gasteiger partial charge in [-0.15, -0.1) is 0 Å². The van der Waals surface area contributed by atoms with Crippen LogP contribution < -0.4 is 0 Å². The zero-order chi connectivity index (χ0) is 13.2. The van der Waals surface area contributed by atoms with E-state index in [4.69, 9.17) is 21.0 Å². The van der Waals surface area contributed by atoms with Gasteiger partial charge in [0, 0.05) is 12.5 Å². The first kappa shape index (κ1) is 12.3. The summed E-state index contributed by atoms with van der Waals surface area (Å²) in [7, 11) is 1.50. The number of nitrogens with zero attached hydrogens (tertiary/aromatic N) is 5. The maximum absolute atomic E-state index is 9.12. The van der Waals surface area contributed by atoms with Crippen LogP contribution >= 0.6 is 0 Å². The Morgan fingerprint density at radius 2 is 1.18 bits per heavy atom. The molecule has 82 valence electrons. The highest BCUT2D eigenvalue weighted by Gasteiger charge is 2.40. The summed E-state index contributed by atoms with van der Waals surface area (Å²) in [5.41, 5.74) is -0.260. The lowest BCUT2D eigenvalue weighted by atomic mass is 9.74. The Labute approximate surface area is 99.7 Å². The molecular weight excluding hydrogens is 214 g/mol. The number of nitriles is 4. The van der Waals surface area contributed by atoms with Gasteiger partial charge < -0.3 is 4.90 Å². The summed E-state index contributed by atoms with van der Waals surface area (Å²) >= 11 is 0. The van der Waals surface area contributed by atoms with Gasteiger partial charge in [0.05, 0.1) is 23.3 Å².